The van der Waals surface area contributed by atoms with Crippen LogP contribution in [0.25, 0.3) is 66.1 Å². The Hall–Kier alpha value is -5.13. The van der Waals surface area contributed by atoms with Gasteiger partial charge in [-0.3, -0.25) is 0 Å². The first-order valence-corrected chi connectivity index (χ1v) is 13.7. The summed E-state index contributed by atoms with van der Waals surface area (Å²) in [6.07, 6.45) is 0. The van der Waals surface area contributed by atoms with Gasteiger partial charge < -0.3 is 4.42 Å². The average molecular weight is 512 g/mol. The summed E-state index contributed by atoms with van der Waals surface area (Å²) < 4.78 is 6.35. The molecule has 6 aromatic carbocycles. The van der Waals surface area contributed by atoms with Crippen molar-refractivity contribution in [2.75, 3.05) is 0 Å². The fraction of sp³-hybridized carbons (Fsp3) is 0.0789. The second-order valence-electron chi connectivity index (χ2n) is 11.3. The summed E-state index contributed by atoms with van der Waals surface area (Å²) in [6, 6.07) is 43.0. The second kappa shape index (κ2) is 8.18. The Labute approximate surface area is 232 Å². The van der Waals surface area contributed by atoms with Crippen molar-refractivity contribution in [2.24, 2.45) is 0 Å². The minimum absolute atomic E-state index is 0.147. The van der Waals surface area contributed by atoms with Gasteiger partial charge in [-0.2, -0.15) is 5.26 Å². The Kier molecular flexibility index (Phi) is 4.67. The number of furan rings is 1. The molecule has 0 N–H and O–H groups in total. The van der Waals surface area contributed by atoms with Crippen molar-refractivity contribution < 1.29 is 4.42 Å². The molecule has 2 heteroatoms. The van der Waals surface area contributed by atoms with Crippen LogP contribution in [0.4, 0.5) is 0 Å². The van der Waals surface area contributed by atoms with Gasteiger partial charge in [0.15, 0.2) is 0 Å². The Morgan fingerprint density at radius 1 is 0.550 bits per heavy atom. The maximum absolute atomic E-state index is 9.19. The molecule has 0 radical (unpaired) electrons. The number of hydrogen-bond donors (Lipinski definition) is 0. The quantitative estimate of drug-likeness (QED) is 0.231. The standard InChI is InChI=1S/C38H25NO/c1-38(2)34-19-25(24-13-11-23(22-39)12-14-24)15-17-28(34)29-18-16-26(20-35(29)38)32-21-33-30-8-5-6-10-36(30)40-37(33)31-9-4-3-7-27(31)32/h3-21H,1-2H3. The van der Waals surface area contributed by atoms with Crippen LogP contribution in [0.3, 0.4) is 0 Å². The van der Waals surface area contributed by atoms with Crippen LogP contribution >= 0.6 is 0 Å². The number of rotatable bonds is 2. The number of fused-ring (bicyclic) bond motifs is 8. The Morgan fingerprint density at radius 2 is 1.15 bits per heavy atom. The van der Waals surface area contributed by atoms with Crippen LogP contribution in [0, 0.1) is 11.3 Å². The summed E-state index contributed by atoms with van der Waals surface area (Å²) in [5.74, 6) is 0. The lowest BCUT2D eigenvalue weighted by Crippen LogP contribution is -2.15. The predicted molar refractivity (Wildman–Crippen MR) is 164 cm³/mol. The SMILES string of the molecule is CC1(C)c2cc(-c3ccc(C#N)cc3)ccc2-c2ccc(-c3cc4c5ccccc5oc4c4ccccc34)cc21. The van der Waals surface area contributed by atoms with Gasteiger partial charge in [0.25, 0.3) is 0 Å². The molecule has 1 heterocycles. The maximum Gasteiger partial charge on any atom is 0.143 e. The number of hydrogen-bond acceptors (Lipinski definition) is 2. The van der Waals surface area contributed by atoms with Crippen molar-refractivity contribution in [3.63, 3.8) is 0 Å². The van der Waals surface area contributed by atoms with E-state index in [1.165, 1.54) is 44.3 Å². The average Bonchev–Trinajstić information content (AvgIpc) is 3.49. The summed E-state index contributed by atoms with van der Waals surface area (Å²) in [4.78, 5) is 0. The molecule has 0 unspecified atom stereocenters. The van der Waals surface area contributed by atoms with Crippen LogP contribution in [0.15, 0.2) is 120 Å². The van der Waals surface area contributed by atoms with E-state index in [0.717, 1.165) is 32.9 Å². The molecule has 8 rings (SSSR count). The fourth-order valence-corrected chi connectivity index (χ4v) is 6.61. The van der Waals surface area contributed by atoms with Gasteiger partial charge in [0, 0.05) is 21.6 Å². The molecule has 0 spiro atoms. The zero-order valence-electron chi connectivity index (χ0n) is 22.3. The Balaban J connectivity index is 1.30. The van der Waals surface area contributed by atoms with E-state index in [0.29, 0.717) is 5.56 Å². The third kappa shape index (κ3) is 3.15. The van der Waals surface area contributed by atoms with Crippen molar-refractivity contribution in [3.8, 4) is 39.4 Å². The Morgan fingerprint density at radius 3 is 1.88 bits per heavy atom. The molecule has 0 aliphatic heterocycles. The highest BCUT2D eigenvalue weighted by atomic mass is 16.3. The molecule has 0 fully saturated rings. The normalized spacial score (nSPS) is 13.4. The minimum Gasteiger partial charge on any atom is -0.455 e. The van der Waals surface area contributed by atoms with E-state index in [1.54, 1.807) is 0 Å². The van der Waals surface area contributed by atoms with Gasteiger partial charge in [-0.25, -0.2) is 0 Å². The monoisotopic (exact) mass is 511 g/mol. The lowest BCUT2D eigenvalue weighted by Gasteiger charge is -2.23. The first-order chi connectivity index (χ1) is 19.5. The first-order valence-electron chi connectivity index (χ1n) is 13.7. The van der Waals surface area contributed by atoms with Gasteiger partial charge >= 0.3 is 0 Å². The van der Waals surface area contributed by atoms with Gasteiger partial charge in [0.05, 0.1) is 11.6 Å². The molecular weight excluding hydrogens is 486 g/mol. The number of nitriles is 1. The molecule has 0 saturated carbocycles. The van der Waals surface area contributed by atoms with Gasteiger partial charge in [0.2, 0.25) is 0 Å². The van der Waals surface area contributed by atoms with E-state index in [9.17, 15) is 5.26 Å². The van der Waals surface area contributed by atoms with Crippen molar-refractivity contribution in [1.29, 1.82) is 5.26 Å². The largest absolute Gasteiger partial charge is 0.455 e. The number of para-hydroxylation sites is 1. The van der Waals surface area contributed by atoms with Crippen molar-refractivity contribution in [1.82, 2.24) is 0 Å². The topological polar surface area (TPSA) is 36.9 Å². The summed E-state index contributed by atoms with van der Waals surface area (Å²) >= 11 is 0. The van der Waals surface area contributed by atoms with E-state index in [2.05, 4.69) is 98.8 Å². The Bertz CT molecular complexity index is 2190. The summed E-state index contributed by atoms with van der Waals surface area (Å²) in [7, 11) is 0. The molecule has 2 nitrogen and oxygen atoms in total. The van der Waals surface area contributed by atoms with E-state index < -0.39 is 0 Å². The summed E-state index contributed by atoms with van der Waals surface area (Å²) in [6.45, 7) is 4.66. The third-order valence-electron chi connectivity index (χ3n) is 8.72. The van der Waals surface area contributed by atoms with E-state index in [-0.39, 0.29) is 5.41 Å². The molecule has 0 amide bonds. The number of benzene rings is 6. The van der Waals surface area contributed by atoms with Gasteiger partial charge in [-0.15, -0.1) is 0 Å². The van der Waals surface area contributed by atoms with E-state index in [4.69, 9.17) is 4.42 Å². The molecule has 0 saturated heterocycles. The molecule has 0 bridgehead atoms. The smallest absolute Gasteiger partial charge is 0.143 e. The van der Waals surface area contributed by atoms with Crippen LogP contribution in [0.5, 0.6) is 0 Å². The first kappa shape index (κ1) is 22.8. The minimum atomic E-state index is -0.147. The van der Waals surface area contributed by atoms with Crippen molar-refractivity contribution in [2.45, 2.75) is 19.3 Å². The molecule has 0 atom stereocenters. The van der Waals surface area contributed by atoms with Gasteiger partial charge in [0.1, 0.15) is 11.2 Å². The zero-order valence-corrected chi connectivity index (χ0v) is 22.3. The highest BCUT2D eigenvalue weighted by Gasteiger charge is 2.36. The van der Waals surface area contributed by atoms with Crippen LogP contribution in [-0.2, 0) is 5.41 Å². The lowest BCUT2D eigenvalue weighted by atomic mass is 9.80. The third-order valence-corrected chi connectivity index (χ3v) is 8.72. The molecular formula is C38H25NO. The van der Waals surface area contributed by atoms with Crippen molar-refractivity contribution >= 4 is 32.7 Å². The van der Waals surface area contributed by atoms with Crippen LogP contribution in [0.2, 0.25) is 0 Å². The van der Waals surface area contributed by atoms with Crippen LogP contribution in [-0.4, -0.2) is 0 Å². The second-order valence-corrected chi connectivity index (χ2v) is 11.3. The highest BCUT2D eigenvalue weighted by molar-refractivity contribution is 6.19. The molecule has 1 aliphatic carbocycles. The molecule has 40 heavy (non-hydrogen) atoms. The summed E-state index contributed by atoms with van der Waals surface area (Å²) in [5, 5.41) is 13.8. The van der Waals surface area contributed by atoms with Crippen LogP contribution in [0.1, 0.15) is 30.5 Å². The van der Waals surface area contributed by atoms with E-state index in [1.807, 2.05) is 36.4 Å². The summed E-state index contributed by atoms with van der Waals surface area (Å²) in [5.41, 5.74) is 12.4. The molecule has 1 aromatic heterocycles. The fourth-order valence-electron chi connectivity index (χ4n) is 6.61. The molecule has 1 aliphatic rings. The predicted octanol–water partition coefficient (Wildman–Crippen LogP) is 10.3. The molecule has 188 valence electrons. The van der Waals surface area contributed by atoms with E-state index >= 15 is 0 Å². The van der Waals surface area contributed by atoms with Crippen molar-refractivity contribution in [3.05, 3.63) is 132 Å². The van der Waals surface area contributed by atoms with Crippen LogP contribution < -0.4 is 0 Å². The molecule has 7 aromatic rings. The number of nitrogens with zero attached hydrogens (tertiary/aromatic N) is 1. The van der Waals surface area contributed by atoms with Gasteiger partial charge in [-0.1, -0.05) is 92.7 Å². The highest BCUT2D eigenvalue weighted by Crippen LogP contribution is 2.51. The zero-order chi connectivity index (χ0) is 27.0. The maximum atomic E-state index is 9.19. The lowest BCUT2D eigenvalue weighted by molar-refractivity contribution is 0.661. The van der Waals surface area contributed by atoms with Gasteiger partial charge in [-0.05, 0) is 86.3 Å².